The molecule has 0 fully saturated rings. The second-order valence-corrected chi connectivity index (χ2v) is 5.39. The van der Waals surface area contributed by atoms with Crippen molar-refractivity contribution in [3.05, 3.63) is 78.1 Å². The lowest BCUT2D eigenvalue weighted by Crippen LogP contribution is -2.19. The van der Waals surface area contributed by atoms with Gasteiger partial charge in [-0.1, -0.05) is 54.6 Å². The third-order valence-electron chi connectivity index (χ3n) is 3.94. The Morgan fingerprint density at radius 2 is 1.71 bits per heavy atom. The maximum absolute atomic E-state index is 4.40. The summed E-state index contributed by atoms with van der Waals surface area (Å²) in [6, 6.07) is 19.2. The molecule has 0 saturated carbocycles. The minimum atomic E-state index is 0.462. The second-order valence-electron chi connectivity index (χ2n) is 5.39. The van der Waals surface area contributed by atoms with E-state index in [2.05, 4.69) is 64.9 Å². The summed E-state index contributed by atoms with van der Waals surface area (Å²) in [6.45, 7) is 0.966. The summed E-state index contributed by atoms with van der Waals surface area (Å²) in [5.41, 5.74) is 2.69. The summed E-state index contributed by atoms with van der Waals surface area (Å²) in [5, 5.41) is 5.84. The zero-order valence-corrected chi connectivity index (χ0v) is 12.3. The van der Waals surface area contributed by atoms with Crippen molar-refractivity contribution < 1.29 is 0 Å². The number of rotatable bonds is 5. The van der Waals surface area contributed by atoms with Crippen LogP contribution in [0, 0.1) is 0 Å². The molecule has 2 nitrogen and oxygen atoms in total. The number of likely N-dealkylation sites (N-methyl/N-ethyl adjacent to an activating group) is 1. The Kier molecular flexibility index (Phi) is 4.27. The van der Waals surface area contributed by atoms with Gasteiger partial charge in [0, 0.05) is 30.2 Å². The molecule has 0 bridgehead atoms. The topological polar surface area (TPSA) is 24.9 Å². The van der Waals surface area contributed by atoms with E-state index in [-0.39, 0.29) is 0 Å². The summed E-state index contributed by atoms with van der Waals surface area (Å²) in [7, 11) is 2.01. The zero-order chi connectivity index (χ0) is 14.5. The number of fused-ring (bicyclic) bond motifs is 1. The van der Waals surface area contributed by atoms with Gasteiger partial charge in [0.25, 0.3) is 0 Å². The first-order chi connectivity index (χ1) is 10.4. The fraction of sp³-hybridized carbons (Fsp3) is 0.211. The SMILES string of the molecule is CNCC(Cc1cncc2ccccc12)c1ccccc1. The van der Waals surface area contributed by atoms with Crippen LogP contribution in [0.4, 0.5) is 0 Å². The predicted molar refractivity (Wildman–Crippen MR) is 88.6 cm³/mol. The lowest BCUT2D eigenvalue weighted by molar-refractivity contribution is 0.627. The summed E-state index contributed by atoms with van der Waals surface area (Å²) in [6.07, 6.45) is 4.95. The zero-order valence-electron chi connectivity index (χ0n) is 12.3. The normalized spacial score (nSPS) is 12.4. The van der Waals surface area contributed by atoms with E-state index in [1.165, 1.54) is 21.9 Å². The fourth-order valence-electron chi connectivity index (χ4n) is 2.89. The molecule has 0 aliphatic heterocycles. The molecule has 1 aromatic heterocycles. The van der Waals surface area contributed by atoms with Gasteiger partial charge in [0.1, 0.15) is 0 Å². The Morgan fingerprint density at radius 3 is 2.52 bits per heavy atom. The third-order valence-corrected chi connectivity index (χ3v) is 3.94. The molecule has 0 saturated heterocycles. The molecule has 2 heteroatoms. The Bertz CT molecular complexity index is 702. The monoisotopic (exact) mass is 276 g/mol. The second kappa shape index (κ2) is 6.51. The minimum Gasteiger partial charge on any atom is -0.319 e. The van der Waals surface area contributed by atoms with Gasteiger partial charge in [-0.05, 0) is 30.0 Å². The first kappa shape index (κ1) is 13.8. The molecule has 1 N–H and O–H groups in total. The molecule has 1 atom stereocenters. The van der Waals surface area contributed by atoms with Crippen LogP contribution in [0.2, 0.25) is 0 Å². The summed E-state index contributed by atoms with van der Waals surface area (Å²) < 4.78 is 0. The molecule has 0 aliphatic rings. The van der Waals surface area contributed by atoms with Crippen molar-refractivity contribution in [2.75, 3.05) is 13.6 Å². The quantitative estimate of drug-likeness (QED) is 0.767. The van der Waals surface area contributed by atoms with Gasteiger partial charge < -0.3 is 5.32 Å². The Labute approximate surface area is 125 Å². The van der Waals surface area contributed by atoms with Gasteiger partial charge in [-0.2, -0.15) is 0 Å². The Hall–Kier alpha value is -2.19. The van der Waals surface area contributed by atoms with E-state index in [1.54, 1.807) is 0 Å². The number of nitrogens with zero attached hydrogens (tertiary/aromatic N) is 1. The van der Waals surface area contributed by atoms with Gasteiger partial charge >= 0.3 is 0 Å². The van der Waals surface area contributed by atoms with E-state index in [4.69, 9.17) is 0 Å². The van der Waals surface area contributed by atoms with Gasteiger partial charge in [-0.3, -0.25) is 4.98 Å². The standard InChI is InChI=1S/C19H20N2/c1-20-12-17(15-7-3-2-4-8-15)11-18-14-21-13-16-9-5-6-10-19(16)18/h2-10,13-14,17,20H,11-12H2,1H3. The maximum Gasteiger partial charge on any atom is 0.0346 e. The molecule has 0 aliphatic carbocycles. The number of aromatic nitrogens is 1. The van der Waals surface area contributed by atoms with Crippen LogP contribution in [0.1, 0.15) is 17.0 Å². The molecule has 1 unspecified atom stereocenters. The van der Waals surface area contributed by atoms with Crippen LogP contribution < -0.4 is 5.32 Å². The summed E-state index contributed by atoms with van der Waals surface area (Å²) >= 11 is 0. The maximum atomic E-state index is 4.40. The van der Waals surface area contributed by atoms with Gasteiger partial charge in [-0.25, -0.2) is 0 Å². The predicted octanol–water partition coefficient (Wildman–Crippen LogP) is 3.78. The van der Waals surface area contributed by atoms with Gasteiger partial charge in [-0.15, -0.1) is 0 Å². The number of benzene rings is 2. The van der Waals surface area contributed by atoms with Crippen LogP contribution >= 0.6 is 0 Å². The average molecular weight is 276 g/mol. The van der Waals surface area contributed by atoms with E-state index in [0.29, 0.717) is 5.92 Å². The molecule has 0 amide bonds. The number of pyridine rings is 1. The molecular weight excluding hydrogens is 256 g/mol. The molecule has 0 spiro atoms. The Balaban J connectivity index is 1.95. The summed E-state index contributed by atoms with van der Waals surface area (Å²) in [4.78, 5) is 4.40. The largest absolute Gasteiger partial charge is 0.319 e. The highest BCUT2D eigenvalue weighted by Crippen LogP contribution is 2.25. The van der Waals surface area contributed by atoms with Crippen LogP contribution in [-0.4, -0.2) is 18.6 Å². The molecule has 106 valence electrons. The molecule has 0 radical (unpaired) electrons. The van der Waals surface area contributed by atoms with Crippen molar-refractivity contribution in [2.24, 2.45) is 0 Å². The van der Waals surface area contributed by atoms with E-state index in [9.17, 15) is 0 Å². The first-order valence-electron chi connectivity index (χ1n) is 7.39. The van der Waals surface area contributed by atoms with Crippen molar-refractivity contribution in [3.63, 3.8) is 0 Å². The molecule has 3 aromatic rings. The molecule has 21 heavy (non-hydrogen) atoms. The summed E-state index contributed by atoms with van der Waals surface area (Å²) in [5.74, 6) is 0.462. The lowest BCUT2D eigenvalue weighted by atomic mass is 9.90. The van der Waals surface area contributed by atoms with Crippen LogP contribution in [0.5, 0.6) is 0 Å². The van der Waals surface area contributed by atoms with Gasteiger partial charge in [0.15, 0.2) is 0 Å². The van der Waals surface area contributed by atoms with E-state index in [1.807, 2.05) is 19.4 Å². The highest BCUT2D eigenvalue weighted by molar-refractivity contribution is 5.84. The average Bonchev–Trinajstić information content (AvgIpc) is 2.55. The van der Waals surface area contributed by atoms with E-state index < -0.39 is 0 Å². The lowest BCUT2D eigenvalue weighted by Gasteiger charge is -2.18. The van der Waals surface area contributed by atoms with Crippen molar-refractivity contribution in [3.8, 4) is 0 Å². The highest BCUT2D eigenvalue weighted by Gasteiger charge is 2.13. The van der Waals surface area contributed by atoms with Gasteiger partial charge in [0.2, 0.25) is 0 Å². The highest BCUT2D eigenvalue weighted by atomic mass is 14.8. The molecular formula is C19H20N2. The number of nitrogens with one attached hydrogen (secondary N) is 1. The van der Waals surface area contributed by atoms with Crippen LogP contribution in [0.25, 0.3) is 10.8 Å². The first-order valence-corrected chi connectivity index (χ1v) is 7.39. The van der Waals surface area contributed by atoms with Crippen LogP contribution in [0.3, 0.4) is 0 Å². The van der Waals surface area contributed by atoms with E-state index >= 15 is 0 Å². The molecule has 3 rings (SSSR count). The van der Waals surface area contributed by atoms with Crippen molar-refractivity contribution in [2.45, 2.75) is 12.3 Å². The van der Waals surface area contributed by atoms with Crippen LogP contribution in [-0.2, 0) is 6.42 Å². The van der Waals surface area contributed by atoms with Crippen LogP contribution in [0.15, 0.2) is 67.0 Å². The van der Waals surface area contributed by atoms with E-state index in [0.717, 1.165) is 13.0 Å². The van der Waals surface area contributed by atoms with Crippen molar-refractivity contribution in [1.82, 2.24) is 10.3 Å². The Morgan fingerprint density at radius 1 is 0.952 bits per heavy atom. The minimum absolute atomic E-state index is 0.462. The van der Waals surface area contributed by atoms with Crippen molar-refractivity contribution in [1.29, 1.82) is 0 Å². The number of hydrogen-bond acceptors (Lipinski definition) is 2. The molecule has 1 heterocycles. The van der Waals surface area contributed by atoms with Crippen molar-refractivity contribution >= 4 is 10.8 Å². The smallest absolute Gasteiger partial charge is 0.0346 e. The molecule has 2 aromatic carbocycles. The fourth-order valence-corrected chi connectivity index (χ4v) is 2.89. The van der Waals surface area contributed by atoms with Gasteiger partial charge in [0.05, 0.1) is 0 Å². The third kappa shape index (κ3) is 3.11. The number of hydrogen-bond donors (Lipinski definition) is 1.